The number of benzene rings is 5. The maximum absolute atomic E-state index is 14.7. The second kappa shape index (κ2) is 30.3. The highest BCUT2D eigenvalue weighted by Gasteiger charge is 2.34. The van der Waals surface area contributed by atoms with Crippen molar-refractivity contribution in [3.05, 3.63) is 142 Å². The smallest absolute Gasteiger partial charge is 0.337 e. The van der Waals surface area contributed by atoms with E-state index in [1.54, 1.807) is 38.2 Å². The number of H-pyrrole nitrogens is 1. The number of amides is 7. The van der Waals surface area contributed by atoms with E-state index in [2.05, 4.69) is 36.9 Å². The van der Waals surface area contributed by atoms with Crippen molar-refractivity contribution in [1.82, 2.24) is 36.9 Å². The highest BCUT2D eigenvalue weighted by atomic mass is 32.2. The molecule has 0 fully saturated rings. The third kappa shape index (κ3) is 16.7. The summed E-state index contributed by atoms with van der Waals surface area (Å²) in [6.07, 6.45) is 6.02. The van der Waals surface area contributed by atoms with Crippen LogP contribution in [0, 0.1) is 5.92 Å². The molecule has 0 spiro atoms. The number of hydrogen-bond acceptors (Lipinski definition) is 15. The number of nitrogens with one attached hydrogen (secondary N) is 7. The number of aromatic carboxylic acids is 1. The molecule has 22 nitrogen and oxygen atoms in total. The fourth-order valence-electron chi connectivity index (χ4n) is 9.98. The molecule has 0 saturated heterocycles. The molecule has 86 heavy (non-hydrogen) atoms. The first-order chi connectivity index (χ1) is 41.2. The molecule has 0 bridgehead atoms. The number of nitrogens with two attached hydrogens (primary N) is 2. The lowest BCUT2D eigenvalue weighted by molar-refractivity contribution is -0.135. The van der Waals surface area contributed by atoms with Crippen molar-refractivity contribution in [2.24, 2.45) is 17.4 Å². The SMILES string of the molecule is CSCC[C@H](NC(=O)[C@H](Cc1ccc(O)cc1)NC(=O)[C@H](CCCCNC(=O)c1cccc(-c2c3ccc(=O)cc-3oc3cc(O)ccc23)c1C(=O)O)NC(=O)[C@@H](N)Cc1c[nH]c2ccccc12)C(=O)N[C@H](C(=O)N[C@H](CCSC)C(N)=O)C(C)C. The van der Waals surface area contributed by atoms with Gasteiger partial charge < -0.3 is 68.1 Å². The molecule has 4 aromatic carbocycles. The standard InChI is InChI=1S/C62H71N9O13S2/c1-33(2)54(61(81)67-46(55(64)75)23-26-85-3)71-59(79)48(24-27-86-4)69-60(80)49(28-34-15-17-36(72)18-16-34)70-58(78)47(68-57(77)44(63)29-35-32-66-45-13-6-5-10-39(35)45)14-7-8-25-65-56(76)43-12-9-11-42(53(43)62(82)83)52-40-21-19-37(73)30-50(40)84-51-31-38(74)20-22-41(51)52/h5-6,9-13,15-22,30-33,44,46-49,54,66,72-73H,7-8,14,23-29,63H2,1-4H3,(H2,64,75)(H,65,76)(H,67,81)(H,68,77)(H,69,80)(H,70,78)(H,71,79)(H,82,83)/t44-,46+,47-,48-,49-,54-/m0/s1. The zero-order chi connectivity index (χ0) is 62.2. The molecule has 0 unspecified atom stereocenters. The number of thioether (sulfide) groups is 2. The first-order valence-electron chi connectivity index (χ1n) is 27.9. The zero-order valence-electron chi connectivity index (χ0n) is 47.9. The predicted octanol–water partition coefficient (Wildman–Crippen LogP) is 4.94. The van der Waals surface area contributed by atoms with Crippen molar-refractivity contribution in [3.8, 4) is 33.9 Å². The van der Waals surface area contributed by atoms with E-state index in [1.807, 2.05) is 36.8 Å². The molecule has 14 N–H and O–H groups in total. The molecular weight excluding hydrogens is 1140 g/mol. The Morgan fingerprint density at radius 1 is 0.640 bits per heavy atom. The van der Waals surface area contributed by atoms with Crippen LogP contribution in [0.4, 0.5) is 0 Å². The number of phenols is 2. The van der Waals surface area contributed by atoms with Crippen LogP contribution in [0.2, 0.25) is 0 Å². The van der Waals surface area contributed by atoms with Gasteiger partial charge in [0.15, 0.2) is 5.43 Å². The summed E-state index contributed by atoms with van der Waals surface area (Å²) in [6.45, 7) is 3.38. The molecule has 6 atom stereocenters. The van der Waals surface area contributed by atoms with Crippen LogP contribution in [0.5, 0.6) is 11.5 Å². The van der Waals surface area contributed by atoms with Crippen molar-refractivity contribution in [2.45, 2.75) is 95.0 Å². The monoisotopic (exact) mass is 1210 g/mol. The minimum Gasteiger partial charge on any atom is -0.508 e. The third-order valence-corrected chi connectivity index (χ3v) is 15.8. The molecule has 7 amide bonds. The van der Waals surface area contributed by atoms with Crippen molar-refractivity contribution in [2.75, 3.05) is 30.6 Å². The highest BCUT2D eigenvalue weighted by Crippen LogP contribution is 2.42. The Hall–Kier alpha value is -8.87. The van der Waals surface area contributed by atoms with E-state index in [1.165, 1.54) is 84.2 Å². The van der Waals surface area contributed by atoms with Crippen LogP contribution in [0.3, 0.4) is 0 Å². The largest absolute Gasteiger partial charge is 0.508 e. The molecule has 0 radical (unpaired) electrons. The summed E-state index contributed by atoms with van der Waals surface area (Å²) >= 11 is 2.87. The first-order valence-corrected chi connectivity index (χ1v) is 30.7. The molecule has 2 heterocycles. The van der Waals surface area contributed by atoms with Gasteiger partial charge in [0.1, 0.15) is 53.1 Å². The Morgan fingerprint density at radius 3 is 1.98 bits per heavy atom. The number of carboxylic acid groups (broad SMARTS) is 1. The van der Waals surface area contributed by atoms with Crippen LogP contribution in [0.25, 0.3) is 44.3 Å². The van der Waals surface area contributed by atoms with E-state index >= 15 is 0 Å². The van der Waals surface area contributed by atoms with Gasteiger partial charge in [0.2, 0.25) is 35.4 Å². The van der Waals surface area contributed by atoms with E-state index in [9.17, 15) is 58.5 Å². The molecule has 0 saturated carbocycles. The quantitative estimate of drug-likeness (QED) is 0.0210. The molecule has 7 rings (SSSR count). The number of carbonyl (C=O) groups excluding carboxylic acids is 7. The molecule has 1 aliphatic heterocycles. The van der Waals surface area contributed by atoms with E-state index in [-0.39, 0.29) is 96.5 Å². The summed E-state index contributed by atoms with van der Waals surface area (Å²) in [4.78, 5) is 126. The van der Waals surface area contributed by atoms with Crippen LogP contribution >= 0.6 is 23.5 Å². The number of phenolic OH excluding ortho intramolecular Hbond substituents is 2. The molecule has 2 aliphatic rings. The van der Waals surface area contributed by atoms with Gasteiger partial charge >= 0.3 is 5.97 Å². The Bertz CT molecular complexity index is 3630. The van der Waals surface area contributed by atoms with E-state index in [0.29, 0.717) is 33.6 Å². The van der Waals surface area contributed by atoms with E-state index in [0.717, 1.165) is 16.5 Å². The fourth-order valence-corrected chi connectivity index (χ4v) is 10.9. The number of primary amides is 1. The number of aromatic amines is 1. The highest BCUT2D eigenvalue weighted by molar-refractivity contribution is 7.98. The van der Waals surface area contributed by atoms with Crippen molar-refractivity contribution < 1.29 is 58.1 Å². The number of para-hydroxylation sites is 1. The lowest BCUT2D eigenvalue weighted by Gasteiger charge is -2.28. The second-order valence-electron chi connectivity index (χ2n) is 21.1. The van der Waals surface area contributed by atoms with Gasteiger partial charge in [-0.05, 0) is 134 Å². The van der Waals surface area contributed by atoms with Crippen LogP contribution in [0.1, 0.15) is 77.8 Å². The molecule has 454 valence electrons. The number of hydrogen-bond donors (Lipinski definition) is 12. The molecule has 5 aromatic rings. The number of aromatic hydroxyl groups is 2. The Morgan fingerprint density at radius 2 is 1.28 bits per heavy atom. The Kier molecular flexibility index (Phi) is 22.8. The second-order valence-corrected chi connectivity index (χ2v) is 23.1. The van der Waals surface area contributed by atoms with Gasteiger partial charge in [0, 0.05) is 58.7 Å². The Labute approximate surface area is 504 Å². The topological polar surface area (TPSA) is 367 Å². The average molecular weight is 1210 g/mol. The van der Waals surface area contributed by atoms with Gasteiger partial charge in [-0.25, -0.2) is 4.79 Å². The van der Waals surface area contributed by atoms with Gasteiger partial charge in [0.25, 0.3) is 5.91 Å². The Balaban J connectivity index is 1.11. The van der Waals surface area contributed by atoms with Crippen molar-refractivity contribution >= 4 is 92.7 Å². The summed E-state index contributed by atoms with van der Waals surface area (Å²) < 4.78 is 5.95. The average Bonchev–Trinajstić information content (AvgIpc) is 0.998. The lowest BCUT2D eigenvalue weighted by Crippen LogP contribution is -2.60. The molecule has 1 aliphatic carbocycles. The number of fused-ring (bicyclic) bond motifs is 3. The van der Waals surface area contributed by atoms with Crippen LogP contribution < -0.4 is 48.8 Å². The van der Waals surface area contributed by atoms with E-state index < -0.39 is 89.5 Å². The fraction of sp³-hybridized carbons (Fsp3) is 0.339. The number of aromatic nitrogens is 1. The number of carbonyl (C=O) groups is 8. The molecule has 24 heteroatoms. The maximum Gasteiger partial charge on any atom is 0.337 e. The number of rotatable bonds is 30. The normalized spacial score (nSPS) is 13.5. The summed E-state index contributed by atoms with van der Waals surface area (Å²) in [5.41, 5.74) is 14.3. The maximum atomic E-state index is 14.7. The van der Waals surface area contributed by atoms with Crippen LogP contribution in [-0.2, 0) is 41.6 Å². The van der Waals surface area contributed by atoms with Gasteiger partial charge in [-0.3, -0.25) is 38.4 Å². The minimum absolute atomic E-state index is 0.0272. The van der Waals surface area contributed by atoms with Crippen molar-refractivity contribution in [3.63, 3.8) is 0 Å². The molecular formula is C62H71N9O13S2. The predicted molar refractivity (Wildman–Crippen MR) is 331 cm³/mol. The first kappa shape index (κ1) is 64.7. The summed E-state index contributed by atoms with van der Waals surface area (Å²) in [6, 6.07) is 18.9. The van der Waals surface area contributed by atoms with Crippen LogP contribution in [-0.4, -0.2) is 134 Å². The molecule has 1 aromatic heterocycles. The number of unbranched alkanes of at least 4 members (excludes halogenated alkanes) is 1. The lowest BCUT2D eigenvalue weighted by atomic mass is 9.88. The zero-order valence-corrected chi connectivity index (χ0v) is 49.5. The summed E-state index contributed by atoms with van der Waals surface area (Å²) in [7, 11) is 0. The summed E-state index contributed by atoms with van der Waals surface area (Å²) in [5, 5.41) is 48.9. The third-order valence-electron chi connectivity index (χ3n) is 14.5. The van der Waals surface area contributed by atoms with E-state index in [4.69, 9.17) is 15.9 Å². The van der Waals surface area contributed by atoms with Gasteiger partial charge in [-0.1, -0.05) is 56.3 Å². The minimum atomic E-state index is -1.42. The van der Waals surface area contributed by atoms with Gasteiger partial charge in [0.05, 0.1) is 17.2 Å². The van der Waals surface area contributed by atoms with Gasteiger partial charge in [-0.15, -0.1) is 0 Å². The van der Waals surface area contributed by atoms with Crippen LogP contribution in [0.15, 0.2) is 119 Å². The van der Waals surface area contributed by atoms with Crippen molar-refractivity contribution in [1.29, 1.82) is 0 Å². The summed E-state index contributed by atoms with van der Waals surface area (Å²) in [5.74, 6) is -6.14. The van der Waals surface area contributed by atoms with Gasteiger partial charge in [-0.2, -0.15) is 23.5 Å². The number of carboxylic acids is 1.